The highest BCUT2D eigenvalue weighted by Crippen LogP contribution is 2.47. The highest BCUT2D eigenvalue weighted by molar-refractivity contribution is 7.47. The number of aliphatic hydroxyl groups is 5. The fraction of sp³-hybridized carbons (Fsp3) is 0.691. The van der Waals surface area contributed by atoms with Gasteiger partial charge in [0.05, 0.1) is 13.2 Å². The van der Waals surface area contributed by atoms with Crippen molar-refractivity contribution in [2.75, 3.05) is 19.8 Å². The van der Waals surface area contributed by atoms with E-state index in [0.29, 0.717) is 13.0 Å². The van der Waals surface area contributed by atoms with Crippen LogP contribution in [0.25, 0.3) is 0 Å². The summed E-state index contributed by atoms with van der Waals surface area (Å²) in [5.41, 5.74) is 0. The molecule has 1 fully saturated rings. The second kappa shape index (κ2) is 44.2. The fourth-order valence-electron chi connectivity index (χ4n) is 7.40. The molecule has 0 saturated heterocycles. The molecule has 6 unspecified atom stereocenters. The number of rotatable bonds is 43. The number of phosphoric ester groups is 1. The Morgan fingerprint density at radius 3 is 1.25 bits per heavy atom. The Bertz CT molecular complexity index is 1490. The van der Waals surface area contributed by atoms with Crippen LogP contribution >= 0.6 is 7.82 Å². The molecule has 12 nitrogen and oxygen atoms in total. The number of hydrogen-bond acceptors (Lipinski definition) is 11. The second-order valence-corrected chi connectivity index (χ2v) is 19.0. The number of carbonyl (C=O) groups excluding carboxylic acids is 1. The van der Waals surface area contributed by atoms with Crippen molar-refractivity contribution in [1.82, 2.24) is 0 Å². The zero-order valence-corrected chi connectivity index (χ0v) is 42.8. The van der Waals surface area contributed by atoms with Gasteiger partial charge < -0.3 is 39.9 Å². The van der Waals surface area contributed by atoms with Crippen LogP contribution in [0.5, 0.6) is 0 Å². The van der Waals surface area contributed by atoms with E-state index < -0.39 is 63.1 Å². The maximum Gasteiger partial charge on any atom is 0.472 e. The molecule has 0 bridgehead atoms. The number of phosphoric acid groups is 1. The first kappa shape index (κ1) is 63.3. The predicted octanol–water partition coefficient (Wildman–Crippen LogP) is 11.9. The molecule has 13 heteroatoms. The summed E-state index contributed by atoms with van der Waals surface area (Å²) in [4.78, 5) is 23.3. The van der Waals surface area contributed by atoms with Gasteiger partial charge >= 0.3 is 13.8 Å². The number of aliphatic hydroxyl groups excluding tert-OH is 5. The minimum absolute atomic E-state index is 0.0926. The molecular weight excluding hydrogens is 884 g/mol. The summed E-state index contributed by atoms with van der Waals surface area (Å²) in [5.74, 6) is -0.495. The van der Waals surface area contributed by atoms with Crippen molar-refractivity contribution in [3.8, 4) is 0 Å². The first-order valence-electron chi connectivity index (χ1n) is 26.1. The van der Waals surface area contributed by atoms with Gasteiger partial charge in [0.1, 0.15) is 42.7 Å². The lowest BCUT2D eigenvalue weighted by Gasteiger charge is -2.41. The second-order valence-electron chi connectivity index (χ2n) is 17.6. The van der Waals surface area contributed by atoms with E-state index in [9.17, 15) is 39.8 Å². The topological polar surface area (TPSA) is 192 Å². The molecule has 1 saturated carbocycles. The summed E-state index contributed by atoms with van der Waals surface area (Å²) >= 11 is 0. The van der Waals surface area contributed by atoms with Crippen LogP contribution in [-0.4, -0.2) is 98.9 Å². The van der Waals surface area contributed by atoms with Crippen molar-refractivity contribution in [1.29, 1.82) is 0 Å². The first-order chi connectivity index (χ1) is 33.0. The summed E-state index contributed by atoms with van der Waals surface area (Å²) in [6, 6.07) is 0. The molecule has 0 spiro atoms. The van der Waals surface area contributed by atoms with Crippen LogP contribution in [0.3, 0.4) is 0 Å². The van der Waals surface area contributed by atoms with E-state index in [4.69, 9.17) is 18.5 Å². The molecule has 6 atom stereocenters. The highest BCUT2D eigenvalue weighted by atomic mass is 31.2. The van der Waals surface area contributed by atoms with Crippen molar-refractivity contribution in [2.24, 2.45) is 0 Å². The standard InChI is InChI=1S/C55H93O12P/c1-3-5-7-9-11-13-15-17-19-21-23-24-25-26-27-28-30-32-34-36-38-40-42-44-49(56)66-48(47-65-68(62,63)67-55-53(60)51(58)50(57)52(59)54(55)61)46-64-45-43-41-39-37-35-33-31-29-22-20-18-16-14-12-10-8-6-4-2/h5-8,11-14,17-20,23-24,26-27,48,50-55,57-61H,3-4,9-10,15-16,21-22,25,28-47H2,1-2H3,(H,62,63)/b7-5-,8-6-,13-11-,14-12-,19-17-,20-18-,24-23-,27-26-. The van der Waals surface area contributed by atoms with E-state index in [2.05, 4.69) is 111 Å². The van der Waals surface area contributed by atoms with Gasteiger partial charge in [0.15, 0.2) is 0 Å². The van der Waals surface area contributed by atoms with E-state index in [1.807, 2.05) is 0 Å². The predicted molar refractivity (Wildman–Crippen MR) is 276 cm³/mol. The molecule has 0 aromatic heterocycles. The molecule has 0 aromatic rings. The molecule has 0 heterocycles. The largest absolute Gasteiger partial charge is 0.472 e. The normalized spacial score (nSPS) is 21.9. The van der Waals surface area contributed by atoms with Gasteiger partial charge in [-0.05, 0) is 89.9 Å². The van der Waals surface area contributed by atoms with E-state index in [0.717, 1.165) is 128 Å². The lowest BCUT2D eigenvalue weighted by molar-refractivity contribution is -0.220. The van der Waals surface area contributed by atoms with E-state index >= 15 is 0 Å². The third-order valence-corrected chi connectivity index (χ3v) is 12.4. The van der Waals surface area contributed by atoms with Crippen LogP contribution in [0.2, 0.25) is 0 Å². The molecule has 0 radical (unpaired) electrons. The lowest BCUT2D eigenvalue weighted by atomic mass is 9.85. The van der Waals surface area contributed by atoms with E-state index in [1.54, 1.807) is 0 Å². The van der Waals surface area contributed by atoms with Gasteiger partial charge in [-0.2, -0.15) is 0 Å². The number of ether oxygens (including phenoxy) is 2. The summed E-state index contributed by atoms with van der Waals surface area (Å²) in [6.45, 7) is 4.01. The monoisotopic (exact) mass is 977 g/mol. The number of unbranched alkanes of at least 4 members (excludes halogenated alkanes) is 15. The number of carbonyl (C=O) groups is 1. The zero-order valence-electron chi connectivity index (χ0n) is 41.9. The van der Waals surface area contributed by atoms with Gasteiger partial charge in [0.25, 0.3) is 0 Å². The average Bonchev–Trinajstić information content (AvgIpc) is 3.32. The molecule has 1 aliphatic rings. The average molecular weight is 977 g/mol. The van der Waals surface area contributed by atoms with Crippen LogP contribution in [0, 0.1) is 0 Å². The maximum atomic E-state index is 12.9. The van der Waals surface area contributed by atoms with Gasteiger partial charge in [-0.3, -0.25) is 13.8 Å². The fourth-order valence-corrected chi connectivity index (χ4v) is 8.37. The molecule has 1 aliphatic carbocycles. The van der Waals surface area contributed by atoms with Crippen molar-refractivity contribution in [3.05, 3.63) is 97.2 Å². The summed E-state index contributed by atoms with van der Waals surface area (Å²) in [5, 5.41) is 50.3. The first-order valence-corrected chi connectivity index (χ1v) is 27.6. The Kier molecular flexibility index (Phi) is 41.1. The van der Waals surface area contributed by atoms with Crippen molar-refractivity contribution in [3.63, 3.8) is 0 Å². The SMILES string of the molecule is CC/C=C\C/C=C\C/C=C\C/C=C\C/C=C\CCCCCCCCCC(=O)OC(COCCCCCCCCCC/C=C\C/C=C\C/C=C\CC)COP(=O)(O)OC1C(O)C(O)C(O)C(O)C1O. The minimum Gasteiger partial charge on any atom is -0.457 e. The third kappa shape index (κ3) is 35.4. The molecule has 6 N–H and O–H groups in total. The van der Waals surface area contributed by atoms with Gasteiger partial charge in [0.2, 0.25) is 0 Å². The smallest absolute Gasteiger partial charge is 0.457 e. The molecule has 68 heavy (non-hydrogen) atoms. The Morgan fingerprint density at radius 2 is 0.824 bits per heavy atom. The molecule has 0 aromatic carbocycles. The Labute approximate surface area is 411 Å². The van der Waals surface area contributed by atoms with Gasteiger partial charge in [-0.25, -0.2) is 4.57 Å². The quantitative estimate of drug-likeness (QED) is 0.0147. The van der Waals surface area contributed by atoms with E-state index in [1.165, 1.54) is 25.7 Å². The molecular formula is C55H93O12P. The minimum atomic E-state index is -5.04. The van der Waals surface area contributed by atoms with Gasteiger partial charge in [-0.1, -0.05) is 182 Å². The Morgan fingerprint density at radius 1 is 0.471 bits per heavy atom. The molecule has 0 aliphatic heterocycles. The van der Waals surface area contributed by atoms with Crippen LogP contribution in [0.1, 0.15) is 181 Å². The maximum absolute atomic E-state index is 12.9. The van der Waals surface area contributed by atoms with Crippen LogP contribution in [0.4, 0.5) is 0 Å². The van der Waals surface area contributed by atoms with Crippen LogP contribution in [-0.2, 0) is 27.9 Å². The highest BCUT2D eigenvalue weighted by Gasteiger charge is 2.51. The van der Waals surface area contributed by atoms with Crippen molar-refractivity contribution >= 4 is 13.8 Å². The molecule has 390 valence electrons. The molecule has 1 rings (SSSR count). The number of esters is 1. The third-order valence-electron chi connectivity index (χ3n) is 11.5. The number of hydrogen-bond donors (Lipinski definition) is 6. The zero-order chi connectivity index (χ0) is 49.8. The van der Waals surface area contributed by atoms with Crippen LogP contribution < -0.4 is 0 Å². The Hall–Kier alpha value is -2.74. The van der Waals surface area contributed by atoms with Gasteiger partial charge in [0, 0.05) is 13.0 Å². The van der Waals surface area contributed by atoms with E-state index in [-0.39, 0.29) is 13.0 Å². The Balaban J connectivity index is 2.35. The van der Waals surface area contributed by atoms with Crippen molar-refractivity contribution in [2.45, 2.75) is 224 Å². The van der Waals surface area contributed by atoms with Crippen molar-refractivity contribution < 1.29 is 58.3 Å². The summed E-state index contributed by atoms with van der Waals surface area (Å²) < 4.78 is 34.3. The lowest BCUT2D eigenvalue weighted by Crippen LogP contribution is -2.64. The molecule has 0 amide bonds. The summed E-state index contributed by atoms with van der Waals surface area (Å²) in [6.07, 6.45) is 48.9. The van der Waals surface area contributed by atoms with Gasteiger partial charge in [-0.15, -0.1) is 0 Å². The summed E-state index contributed by atoms with van der Waals surface area (Å²) in [7, 11) is -5.04. The van der Waals surface area contributed by atoms with Crippen LogP contribution in [0.15, 0.2) is 97.2 Å². The number of allylic oxidation sites excluding steroid dienone is 16.